The fourth-order valence-corrected chi connectivity index (χ4v) is 3.95. The fraction of sp³-hybridized carbons (Fsp3) is 0.105. The molecular weight excluding hydrogens is 366 g/mol. The molecule has 4 aromatic rings. The molecule has 4 rings (SSSR count). The van der Waals surface area contributed by atoms with Gasteiger partial charge in [-0.2, -0.15) is 0 Å². The number of para-hydroxylation sites is 1. The van der Waals surface area contributed by atoms with Crippen molar-refractivity contribution in [3.05, 3.63) is 65.1 Å². The number of rotatable bonds is 6. The number of nitrogens with zero attached hydrogens (tertiary/aromatic N) is 2. The molecule has 5 nitrogen and oxygen atoms in total. The molecule has 0 bridgehead atoms. The van der Waals surface area contributed by atoms with Gasteiger partial charge in [-0.1, -0.05) is 36.0 Å². The Morgan fingerprint density at radius 2 is 2.04 bits per heavy atom. The van der Waals surface area contributed by atoms with Crippen molar-refractivity contribution < 1.29 is 9.21 Å². The van der Waals surface area contributed by atoms with Gasteiger partial charge in [0, 0.05) is 10.3 Å². The van der Waals surface area contributed by atoms with Crippen LogP contribution in [0.25, 0.3) is 22.5 Å². The Balaban J connectivity index is 1.52. The van der Waals surface area contributed by atoms with Crippen LogP contribution >= 0.6 is 23.1 Å². The second kappa shape index (κ2) is 7.72. The summed E-state index contributed by atoms with van der Waals surface area (Å²) in [5.41, 5.74) is 0.829. The van der Waals surface area contributed by atoms with E-state index in [-0.39, 0.29) is 5.91 Å². The summed E-state index contributed by atoms with van der Waals surface area (Å²) in [6.45, 7) is 0.555. The minimum Gasteiger partial charge on any atom is -0.461 e. The van der Waals surface area contributed by atoms with Crippen LogP contribution in [0.3, 0.4) is 0 Å². The predicted octanol–water partition coefficient (Wildman–Crippen LogP) is 4.36. The van der Waals surface area contributed by atoms with Gasteiger partial charge in [0.05, 0.1) is 24.1 Å². The van der Waals surface area contributed by atoms with Crippen LogP contribution in [0.2, 0.25) is 0 Å². The van der Waals surface area contributed by atoms with Crippen LogP contribution in [0.1, 0.15) is 4.88 Å². The predicted molar refractivity (Wildman–Crippen MR) is 104 cm³/mol. The summed E-state index contributed by atoms with van der Waals surface area (Å²) in [6, 6.07) is 15.4. The zero-order chi connectivity index (χ0) is 17.8. The molecular formula is C19H15N3O2S2. The van der Waals surface area contributed by atoms with Gasteiger partial charge in [-0.15, -0.1) is 11.3 Å². The molecule has 3 aromatic heterocycles. The van der Waals surface area contributed by atoms with Crippen molar-refractivity contribution in [3.8, 4) is 11.6 Å². The molecule has 7 heteroatoms. The quantitative estimate of drug-likeness (QED) is 0.397. The number of hydrogen-bond donors (Lipinski definition) is 1. The minimum atomic E-state index is -0.0226. The molecule has 3 heterocycles. The normalized spacial score (nSPS) is 10.9. The van der Waals surface area contributed by atoms with Crippen molar-refractivity contribution in [2.45, 2.75) is 11.6 Å². The first kappa shape index (κ1) is 16.8. The van der Waals surface area contributed by atoms with Crippen molar-refractivity contribution in [2.75, 3.05) is 5.75 Å². The highest BCUT2D eigenvalue weighted by Crippen LogP contribution is 2.28. The van der Waals surface area contributed by atoms with Gasteiger partial charge in [0.1, 0.15) is 5.03 Å². The summed E-state index contributed by atoms with van der Waals surface area (Å²) in [6.07, 6.45) is 1.60. The van der Waals surface area contributed by atoms with Crippen molar-refractivity contribution in [3.63, 3.8) is 0 Å². The molecule has 0 aliphatic heterocycles. The van der Waals surface area contributed by atoms with Gasteiger partial charge in [-0.3, -0.25) is 4.79 Å². The summed E-state index contributed by atoms with van der Waals surface area (Å²) in [7, 11) is 0. The van der Waals surface area contributed by atoms with Crippen molar-refractivity contribution in [1.82, 2.24) is 15.3 Å². The molecule has 1 N–H and O–H groups in total. The first-order chi connectivity index (χ1) is 12.8. The second-order valence-corrected chi connectivity index (χ2v) is 7.49. The van der Waals surface area contributed by atoms with E-state index in [1.807, 2.05) is 47.8 Å². The van der Waals surface area contributed by atoms with Crippen LogP contribution in [0.15, 0.2) is 69.6 Å². The molecule has 0 saturated carbocycles. The van der Waals surface area contributed by atoms with Crippen molar-refractivity contribution in [1.29, 1.82) is 0 Å². The first-order valence-electron chi connectivity index (χ1n) is 8.02. The molecule has 0 fully saturated rings. The molecule has 0 radical (unpaired) electrons. The van der Waals surface area contributed by atoms with Gasteiger partial charge >= 0.3 is 0 Å². The number of furan rings is 1. The average Bonchev–Trinajstić information content (AvgIpc) is 3.38. The highest BCUT2D eigenvalue weighted by Gasteiger charge is 2.13. The molecule has 0 unspecified atom stereocenters. The van der Waals surface area contributed by atoms with E-state index in [1.165, 1.54) is 11.8 Å². The maximum absolute atomic E-state index is 12.2. The SMILES string of the molecule is O=C(CSc1nc(-c2ccco2)nc2ccccc12)NCc1cccs1. The number of thiophene rings is 1. The molecule has 130 valence electrons. The molecule has 0 aliphatic rings. The van der Waals surface area contributed by atoms with Gasteiger partial charge in [0.15, 0.2) is 11.6 Å². The Bertz CT molecular complexity index is 1010. The van der Waals surface area contributed by atoms with E-state index in [1.54, 1.807) is 23.7 Å². The summed E-state index contributed by atoms with van der Waals surface area (Å²) < 4.78 is 5.42. The van der Waals surface area contributed by atoms with Crippen LogP contribution in [-0.4, -0.2) is 21.6 Å². The van der Waals surface area contributed by atoms with E-state index in [9.17, 15) is 4.79 Å². The maximum Gasteiger partial charge on any atom is 0.230 e. The summed E-state index contributed by atoms with van der Waals surface area (Å²) in [4.78, 5) is 22.5. The zero-order valence-corrected chi connectivity index (χ0v) is 15.3. The monoisotopic (exact) mass is 381 g/mol. The first-order valence-corrected chi connectivity index (χ1v) is 9.88. The maximum atomic E-state index is 12.2. The Labute approximate surface area is 158 Å². The van der Waals surface area contributed by atoms with Crippen molar-refractivity contribution >= 4 is 39.9 Å². The zero-order valence-electron chi connectivity index (χ0n) is 13.7. The number of amides is 1. The molecule has 0 spiro atoms. The van der Waals surface area contributed by atoms with Gasteiger partial charge in [-0.05, 0) is 29.6 Å². The number of carbonyl (C=O) groups excluding carboxylic acids is 1. The molecule has 0 atom stereocenters. The Morgan fingerprint density at radius 3 is 2.85 bits per heavy atom. The third-order valence-electron chi connectivity index (χ3n) is 3.69. The topological polar surface area (TPSA) is 68.0 Å². The van der Waals surface area contributed by atoms with Crippen LogP contribution in [0.5, 0.6) is 0 Å². The van der Waals surface area contributed by atoms with Crippen molar-refractivity contribution in [2.24, 2.45) is 0 Å². The summed E-state index contributed by atoms with van der Waals surface area (Å²) >= 11 is 3.03. The molecule has 0 saturated heterocycles. The van der Waals surface area contributed by atoms with Gasteiger partial charge in [-0.25, -0.2) is 9.97 Å². The van der Waals surface area contributed by atoms with E-state index in [4.69, 9.17) is 4.42 Å². The summed E-state index contributed by atoms with van der Waals surface area (Å²) in [5, 5.41) is 6.63. The minimum absolute atomic E-state index is 0.0226. The number of benzene rings is 1. The van der Waals surface area contributed by atoms with Crippen LogP contribution in [0, 0.1) is 0 Å². The van der Waals surface area contributed by atoms with E-state index in [0.717, 1.165) is 20.8 Å². The van der Waals surface area contributed by atoms with E-state index >= 15 is 0 Å². The number of hydrogen-bond acceptors (Lipinski definition) is 6. The van der Waals surface area contributed by atoms with Crippen LogP contribution in [0.4, 0.5) is 0 Å². The summed E-state index contributed by atoms with van der Waals surface area (Å²) in [5.74, 6) is 1.41. The third-order valence-corrected chi connectivity index (χ3v) is 5.56. The molecule has 0 aliphatic carbocycles. The van der Waals surface area contributed by atoms with E-state index < -0.39 is 0 Å². The Morgan fingerprint density at radius 1 is 1.12 bits per heavy atom. The van der Waals surface area contributed by atoms with Gasteiger partial charge in [0.2, 0.25) is 5.91 Å². The lowest BCUT2D eigenvalue weighted by Crippen LogP contribution is -2.24. The fourth-order valence-electron chi connectivity index (χ4n) is 2.46. The Kier molecular flexibility index (Phi) is 4.99. The smallest absolute Gasteiger partial charge is 0.230 e. The average molecular weight is 381 g/mol. The lowest BCUT2D eigenvalue weighted by Gasteiger charge is -2.08. The molecule has 1 aromatic carbocycles. The molecule has 26 heavy (non-hydrogen) atoms. The van der Waals surface area contributed by atoms with E-state index in [0.29, 0.717) is 23.9 Å². The van der Waals surface area contributed by atoms with Gasteiger partial charge in [0.25, 0.3) is 0 Å². The lowest BCUT2D eigenvalue weighted by atomic mass is 10.2. The third kappa shape index (κ3) is 3.79. The van der Waals surface area contributed by atoms with Gasteiger partial charge < -0.3 is 9.73 Å². The number of thioether (sulfide) groups is 1. The number of fused-ring (bicyclic) bond motifs is 1. The van der Waals surface area contributed by atoms with E-state index in [2.05, 4.69) is 15.3 Å². The highest BCUT2D eigenvalue weighted by molar-refractivity contribution is 8.00. The number of nitrogens with one attached hydrogen (secondary N) is 1. The number of carbonyl (C=O) groups is 1. The lowest BCUT2D eigenvalue weighted by molar-refractivity contribution is -0.118. The highest BCUT2D eigenvalue weighted by atomic mass is 32.2. The van der Waals surface area contributed by atoms with Crippen LogP contribution < -0.4 is 5.32 Å². The number of aromatic nitrogens is 2. The second-order valence-electron chi connectivity index (χ2n) is 5.49. The molecule has 1 amide bonds. The standard InChI is InChI=1S/C19H15N3O2S2/c23-17(20-11-13-5-4-10-25-13)12-26-19-14-6-1-2-7-15(14)21-18(22-19)16-8-3-9-24-16/h1-10H,11-12H2,(H,20,23). The largest absolute Gasteiger partial charge is 0.461 e. The Hall–Kier alpha value is -2.64. The van der Waals surface area contributed by atoms with Crippen LogP contribution in [-0.2, 0) is 11.3 Å².